The van der Waals surface area contributed by atoms with Crippen molar-refractivity contribution >= 4 is 38.2 Å². The van der Waals surface area contributed by atoms with Gasteiger partial charge in [0.2, 0.25) is 5.91 Å². The molecule has 2 aliphatic heterocycles. The Bertz CT molecular complexity index is 1270. The minimum atomic E-state index is -3.68. The molecular weight excluding hydrogens is 434 g/mol. The first-order chi connectivity index (χ1) is 15.0. The highest BCUT2D eigenvalue weighted by Gasteiger charge is 2.35. The summed E-state index contributed by atoms with van der Waals surface area (Å²) in [5.41, 5.74) is 2.26. The van der Waals surface area contributed by atoms with Crippen molar-refractivity contribution in [1.29, 1.82) is 0 Å². The van der Waals surface area contributed by atoms with Crippen molar-refractivity contribution in [1.82, 2.24) is 14.9 Å². The number of nitrogens with one attached hydrogen (secondary N) is 1. The number of benzene rings is 1. The zero-order valence-corrected chi connectivity index (χ0v) is 18.1. The lowest BCUT2D eigenvalue weighted by Gasteiger charge is -2.33. The van der Waals surface area contributed by atoms with Crippen molar-refractivity contribution < 1.29 is 13.2 Å². The maximum Gasteiger partial charge on any atom is 0.285 e. The molecule has 2 aromatic heterocycles. The van der Waals surface area contributed by atoms with Crippen LogP contribution < -0.4 is 5.32 Å². The van der Waals surface area contributed by atoms with Crippen LogP contribution in [0.3, 0.4) is 0 Å². The highest BCUT2D eigenvalue weighted by molar-refractivity contribution is 7.90. The second kappa shape index (κ2) is 7.86. The number of aromatic nitrogens is 2. The van der Waals surface area contributed by atoms with Crippen molar-refractivity contribution in [2.75, 3.05) is 18.4 Å². The van der Waals surface area contributed by atoms with E-state index in [0.29, 0.717) is 29.6 Å². The molecule has 1 aromatic carbocycles. The minimum absolute atomic E-state index is 0.119. The first-order valence-electron chi connectivity index (χ1n) is 9.87. The summed E-state index contributed by atoms with van der Waals surface area (Å²) < 4.78 is 28.7. The average Bonchev–Trinajstić information content (AvgIpc) is 3.37. The van der Waals surface area contributed by atoms with Gasteiger partial charge in [0, 0.05) is 42.0 Å². The Morgan fingerprint density at radius 1 is 1.19 bits per heavy atom. The van der Waals surface area contributed by atoms with Crippen LogP contribution in [-0.4, -0.2) is 48.1 Å². The Balaban J connectivity index is 1.30. The Labute approximate surface area is 183 Å². The number of hydrogen-bond acceptors (Lipinski definition) is 7. The third-order valence-corrected chi connectivity index (χ3v) is 7.48. The summed E-state index contributed by atoms with van der Waals surface area (Å²) in [6.45, 7) is 1.07. The van der Waals surface area contributed by atoms with Crippen LogP contribution in [0.25, 0.3) is 11.3 Å². The molecule has 0 aliphatic carbocycles. The van der Waals surface area contributed by atoms with E-state index in [0.717, 1.165) is 24.1 Å². The number of likely N-dealkylation sites (tertiary alicyclic amines) is 1. The van der Waals surface area contributed by atoms with E-state index in [9.17, 15) is 13.2 Å². The van der Waals surface area contributed by atoms with Gasteiger partial charge in [-0.15, -0.1) is 15.7 Å². The summed E-state index contributed by atoms with van der Waals surface area (Å²) in [4.78, 5) is 23.6. The molecule has 4 heterocycles. The average molecular weight is 454 g/mol. The summed E-state index contributed by atoms with van der Waals surface area (Å²) in [5.74, 6) is 0.0328. The number of thiazole rings is 1. The molecule has 8 nitrogen and oxygen atoms in total. The van der Waals surface area contributed by atoms with Crippen LogP contribution in [0, 0.1) is 5.92 Å². The second-order valence-electron chi connectivity index (χ2n) is 7.44. The van der Waals surface area contributed by atoms with E-state index in [-0.39, 0.29) is 16.7 Å². The Hall–Kier alpha value is -3.11. The van der Waals surface area contributed by atoms with E-state index >= 15 is 0 Å². The number of nitrogens with zero attached hydrogens (tertiary/aromatic N) is 4. The van der Waals surface area contributed by atoms with E-state index in [2.05, 4.69) is 19.7 Å². The molecule has 1 fully saturated rings. The molecule has 3 aromatic rings. The summed E-state index contributed by atoms with van der Waals surface area (Å²) in [7, 11) is -3.68. The SMILES string of the molecule is O=C(Nc1nc(-c2cccnc2)cs1)C1CCCN(C2=NS(=O)(=O)c3ccccc32)C1. The number of hydrogen-bond donors (Lipinski definition) is 1. The van der Waals surface area contributed by atoms with Crippen molar-refractivity contribution in [3.63, 3.8) is 0 Å². The van der Waals surface area contributed by atoms with Crippen LogP contribution in [0.4, 0.5) is 5.13 Å². The topological polar surface area (TPSA) is 105 Å². The lowest BCUT2D eigenvalue weighted by molar-refractivity contribution is -0.121. The summed E-state index contributed by atoms with van der Waals surface area (Å²) in [6.07, 6.45) is 4.93. The minimum Gasteiger partial charge on any atom is -0.355 e. The molecule has 0 bridgehead atoms. The van der Waals surface area contributed by atoms with Gasteiger partial charge in [0.25, 0.3) is 10.0 Å². The molecule has 0 radical (unpaired) electrons. The zero-order valence-electron chi connectivity index (χ0n) is 16.4. The Morgan fingerprint density at radius 3 is 2.90 bits per heavy atom. The highest BCUT2D eigenvalue weighted by atomic mass is 32.2. The Kier molecular flexibility index (Phi) is 5.03. The molecule has 2 aliphatic rings. The fourth-order valence-corrected chi connectivity index (χ4v) is 5.84. The lowest BCUT2D eigenvalue weighted by atomic mass is 9.96. The lowest BCUT2D eigenvalue weighted by Crippen LogP contribution is -2.43. The van der Waals surface area contributed by atoms with Crippen molar-refractivity contribution in [2.45, 2.75) is 17.7 Å². The van der Waals surface area contributed by atoms with E-state index in [1.54, 1.807) is 36.7 Å². The fourth-order valence-electron chi connectivity index (χ4n) is 3.89. The Morgan fingerprint density at radius 2 is 2.06 bits per heavy atom. The predicted molar refractivity (Wildman–Crippen MR) is 118 cm³/mol. The van der Waals surface area contributed by atoms with Crippen LogP contribution >= 0.6 is 11.3 Å². The highest BCUT2D eigenvalue weighted by Crippen LogP contribution is 2.30. The molecule has 0 spiro atoms. The largest absolute Gasteiger partial charge is 0.355 e. The molecule has 10 heteroatoms. The number of anilines is 1. The van der Waals surface area contributed by atoms with E-state index in [4.69, 9.17) is 0 Å². The number of sulfonamides is 1. The van der Waals surface area contributed by atoms with Gasteiger partial charge < -0.3 is 10.2 Å². The number of rotatable bonds is 3. The predicted octanol–water partition coefficient (Wildman–Crippen LogP) is 3.00. The van der Waals surface area contributed by atoms with Gasteiger partial charge in [-0.05, 0) is 37.1 Å². The van der Waals surface area contributed by atoms with Crippen LogP contribution in [-0.2, 0) is 14.8 Å². The van der Waals surface area contributed by atoms with Gasteiger partial charge in [-0.3, -0.25) is 9.78 Å². The molecule has 1 saturated heterocycles. The number of pyridine rings is 1. The summed E-state index contributed by atoms with van der Waals surface area (Å²) in [5, 5.41) is 5.33. The number of piperidine rings is 1. The molecule has 0 saturated carbocycles. The number of carbonyl (C=O) groups excluding carboxylic acids is 1. The maximum absolute atomic E-state index is 12.9. The number of amides is 1. The van der Waals surface area contributed by atoms with E-state index in [1.807, 2.05) is 22.4 Å². The summed E-state index contributed by atoms with van der Waals surface area (Å²) in [6, 6.07) is 10.6. The van der Waals surface area contributed by atoms with Gasteiger partial charge in [-0.25, -0.2) is 4.98 Å². The molecule has 1 N–H and O–H groups in total. The second-order valence-corrected chi connectivity index (χ2v) is 9.87. The smallest absolute Gasteiger partial charge is 0.285 e. The zero-order chi connectivity index (χ0) is 21.4. The number of carbonyl (C=O) groups is 1. The van der Waals surface area contributed by atoms with Gasteiger partial charge in [0.15, 0.2) is 11.0 Å². The third-order valence-electron chi connectivity index (χ3n) is 5.40. The molecule has 1 amide bonds. The first kappa shape index (κ1) is 19.8. The quantitative estimate of drug-likeness (QED) is 0.654. The van der Waals surface area contributed by atoms with Crippen molar-refractivity contribution in [3.05, 3.63) is 59.7 Å². The van der Waals surface area contributed by atoms with Crippen LogP contribution in [0.2, 0.25) is 0 Å². The number of amidine groups is 1. The normalized spacial score (nSPS) is 19.5. The molecule has 5 rings (SSSR count). The van der Waals surface area contributed by atoms with Crippen LogP contribution in [0.5, 0.6) is 0 Å². The molecule has 1 unspecified atom stereocenters. The standard InChI is InChI=1S/C21H19N5O3S2/c27-20(24-21-23-17(13-30-21)14-5-3-9-22-11-14)15-6-4-10-26(12-15)19-16-7-1-2-8-18(16)31(28,29)25-19/h1-3,5,7-9,11,13,15H,4,6,10,12H2,(H,23,24,27). The van der Waals surface area contributed by atoms with Gasteiger partial charge in [0.05, 0.1) is 11.6 Å². The van der Waals surface area contributed by atoms with Gasteiger partial charge >= 0.3 is 0 Å². The van der Waals surface area contributed by atoms with Crippen molar-refractivity contribution in [3.8, 4) is 11.3 Å². The van der Waals surface area contributed by atoms with Gasteiger partial charge in [0.1, 0.15) is 4.90 Å². The van der Waals surface area contributed by atoms with Gasteiger partial charge in [-0.1, -0.05) is 12.1 Å². The fraction of sp³-hybridized carbons (Fsp3) is 0.238. The molecule has 31 heavy (non-hydrogen) atoms. The molecule has 1 atom stereocenters. The monoisotopic (exact) mass is 453 g/mol. The number of fused-ring (bicyclic) bond motifs is 1. The van der Waals surface area contributed by atoms with Crippen LogP contribution in [0.15, 0.2) is 63.5 Å². The molecule has 158 valence electrons. The van der Waals surface area contributed by atoms with E-state index < -0.39 is 10.0 Å². The maximum atomic E-state index is 12.9. The van der Waals surface area contributed by atoms with Crippen molar-refractivity contribution in [2.24, 2.45) is 10.3 Å². The first-order valence-corrected chi connectivity index (χ1v) is 12.2. The molecular formula is C21H19N5O3S2. The third kappa shape index (κ3) is 3.84. The van der Waals surface area contributed by atoms with Crippen LogP contribution in [0.1, 0.15) is 18.4 Å². The van der Waals surface area contributed by atoms with Gasteiger partial charge in [-0.2, -0.15) is 8.42 Å². The summed E-state index contributed by atoms with van der Waals surface area (Å²) >= 11 is 1.37. The van der Waals surface area contributed by atoms with E-state index in [1.165, 1.54) is 11.3 Å².